The lowest BCUT2D eigenvalue weighted by Gasteiger charge is -2.12. The first-order valence-corrected chi connectivity index (χ1v) is 10.2. The molecule has 0 unspecified atom stereocenters. The summed E-state index contributed by atoms with van der Waals surface area (Å²) in [4.78, 5) is 12.5. The number of benzene rings is 2. The van der Waals surface area contributed by atoms with Crippen molar-refractivity contribution in [2.24, 2.45) is 0 Å². The van der Waals surface area contributed by atoms with Crippen molar-refractivity contribution in [3.63, 3.8) is 0 Å². The van der Waals surface area contributed by atoms with Crippen LogP contribution in [-0.4, -0.2) is 49.1 Å². The zero-order valence-electron chi connectivity index (χ0n) is 15.7. The SMILES string of the molecule is CN(C)S(=O)(=O)c1cccc(C(=O)NCCc2ccc(-n3cccn3)cc2)c1. The van der Waals surface area contributed by atoms with Crippen LogP contribution in [0.5, 0.6) is 0 Å². The van der Waals surface area contributed by atoms with E-state index in [0.29, 0.717) is 18.5 Å². The van der Waals surface area contributed by atoms with E-state index < -0.39 is 10.0 Å². The van der Waals surface area contributed by atoms with E-state index in [9.17, 15) is 13.2 Å². The number of hydrogen-bond acceptors (Lipinski definition) is 4. The van der Waals surface area contributed by atoms with Crippen molar-refractivity contribution in [1.82, 2.24) is 19.4 Å². The third-order valence-electron chi connectivity index (χ3n) is 4.28. The van der Waals surface area contributed by atoms with Crippen molar-refractivity contribution in [2.45, 2.75) is 11.3 Å². The van der Waals surface area contributed by atoms with E-state index in [1.165, 1.54) is 26.2 Å². The Morgan fingerprint density at radius 2 is 1.86 bits per heavy atom. The van der Waals surface area contributed by atoms with Gasteiger partial charge in [-0.05, 0) is 48.4 Å². The van der Waals surface area contributed by atoms with Crippen molar-refractivity contribution in [3.8, 4) is 5.69 Å². The van der Waals surface area contributed by atoms with Gasteiger partial charge in [0.2, 0.25) is 10.0 Å². The molecule has 28 heavy (non-hydrogen) atoms. The molecule has 0 radical (unpaired) electrons. The van der Waals surface area contributed by atoms with E-state index in [0.717, 1.165) is 15.6 Å². The third-order valence-corrected chi connectivity index (χ3v) is 6.09. The van der Waals surface area contributed by atoms with Gasteiger partial charge in [0.15, 0.2) is 0 Å². The molecule has 0 saturated heterocycles. The molecule has 7 nitrogen and oxygen atoms in total. The lowest BCUT2D eigenvalue weighted by molar-refractivity contribution is 0.0954. The molecule has 0 aliphatic rings. The molecular weight excluding hydrogens is 376 g/mol. The molecule has 3 aromatic rings. The van der Waals surface area contributed by atoms with Crippen LogP contribution in [0.1, 0.15) is 15.9 Å². The molecule has 0 aliphatic carbocycles. The molecule has 1 amide bonds. The van der Waals surface area contributed by atoms with Crippen molar-refractivity contribution >= 4 is 15.9 Å². The Labute approximate surface area is 164 Å². The molecule has 0 saturated carbocycles. The summed E-state index contributed by atoms with van der Waals surface area (Å²) in [5.41, 5.74) is 2.37. The van der Waals surface area contributed by atoms with Crippen molar-refractivity contribution < 1.29 is 13.2 Å². The van der Waals surface area contributed by atoms with Gasteiger partial charge >= 0.3 is 0 Å². The highest BCUT2D eigenvalue weighted by Crippen LogP contribution is 2.15. The van der Waals surface area contributed by atoms with E-state index in [-0.39, 0.29) is 10.8 Å². The summed E-state index contributed by atoms with van der Waals surface area (Å²) >= 11 is 0. The third kappa shape index (κ3) is 4.47. The summed E-state index contributed by atoms with van der Waals surface area (Å²) in [6, 6.07) is 15.8. The normalized spacial score (nSPS) is 11.5. The van der Waals surface area contributed by atoms with E-state index in [1.807, 2.05) is 36.5 Å². The molecule has 0 bridgehead atoms. The van der Waals surface area contributed by atoms with Gasteiger partial charge in [0.25, 0.3) is 5.91 Å². The fraction of sp³-hybridized carbons (Fsp3) is 0.200. The lowest BCUT2D eigenvalue weighted by atomic mass is 10.1. The van der Waals surface area contributed by atoms with Crippen LogP contribution >= 0.6 is 0 Å². The molecule has 8 heteroatoms. The molecule has 0 aliphatic heterocycles. The minimum absolute atomic E-state index is 0.0966. The fourth-order valence-corrected chi connectivity index (χ4v) is 3.62. The number of nitrogens with one attached hydrogen (secondary N) is 1. The number of carbonyl (C=O) groups excluding carboxylic acids is 1. The summed E-state index contributed by atoms with van der Waals surface area (Å²) in [6.07, 6.45) is 4.27. The molecule has 2 aromatic carbocycles. The van der Waals surface area contributed by atoms with E-state index in [4.69, 9.17) is 0 Å². The van der Waals surface area contributed by atoms with Gasteiger partial charge in [0, 0.05) is 38.6 Å². The number of carbonyl (C=O) groups is 1. The van der Waals surface area contributed by atoms with Crippen molar-refractivity contribution in [2.75, 3.05) is 20.6 Å². The summed E-state index contributed by atoms with van der Waals surface area (Å²) in [7, 11) is -0.657. The molecule has 1 aromatic heterocycles. The molecule has 0 fully saturated rings. The molecule has 0 spiro atoms. The monoisotopic (exact) mass is 398 g/mol. The second-order valence-electron chi connectivity index (χ2n) is 6.44. The number of nitrogens with zero attached hydrogens (tertiary/aromatic N) is 3. The maximum absolute atomic E-state index is 12.4. The van der Waals surface area contributed by atoms with Gasteiger partial charge in [-0.1, -0.05) is 18.2 Å². The van der Waals surface area contributed by atoms with Crippen LogP contribution in [0, 0.1) is 0 Å². The van der Waals surface area contributed by atoms with Gasteiger partial charge in [-0.25, -0.2) is 17.4 Å². The van der Waals surface area contributed by atoms with Gasteiger partial charge in [0.05, 0.1) is 10.6 Å². The maximum Gasteiger partial charge on any atom is 0.251 e. The highest BCUT2D eigenvalue weighted by molar-refractivity contribution is 7.89. The van der Waals surface area contributed by atoms with E-state index >= 15 is 0 Å². The van der Waals surface area contributed by atoms with E-state index in [1.54, 1.807) is 23.0 Å². The van der Waals surface area contributed by atoms with Crippen LogP contribution < -0.4 is 5.32 Å². The fourth-order valence-electron chi connectivity index (χ4n) is 2.67. The Balaban J connectivity index is 1.59. The number of rotatable bonds is 7. The average Bonchev–Trinajstić information content (AvgIpc) is 3.23. The largest absolute Gasteiger partial charge is 0.352 e. The zero-order valence-corrected chi connectivity index (χ0v) is 16.6. The van der Waals surface area contributed by atoms with Crippen LogP contribution in [0.2, 0.25) is 0 Å². The number of hydrogen-bond donors (Lipinski definition) is 1. The lowest BCUT2D eigenvalue weighted by Crippen LogP contribution is -2.26. The van der Waals surface area contributed by atoms with Crippen molar-refractivity contribution in [3.05, 3.63) is 78.1 Å². The van der Waals surface area contributed by atoms with Crippen molar-refractivity contribution in [1.29, 1.82) is 0 Å². The second kappa shape index (κ2) is 8.37. The van der Waals surface area contributed by atoms with Crippen LogP contribution in [0.25, 0.3) is 5.69 Å². The number of amides is 1. The molecule has 1 N–H and O–H groups in total. The topological polar surface area (TPSA) is 84.3 Å². The first-order valence-electron chi connectivity index (χ1n) is 8.78. The smallest absolute Gasteiger partial charge is 0.251 e. The van der Waals surface area contributed by atoms with Crippen LogP contribution in [0.15, 0.2) is 71.9 Å². The minimum Gasteiger partial charge on any atom is -0.352 e. The highest BCUT2D eigenvalue weighted by Gasteiger charge is 2.18. The van der Waals surface area contributed by atoms with Gasteiger partial charge in [-0.15, -0.1) is 0 Å². The Morgan fingerprint density at radius 3 is 2.50 bits per heavy atom. The minimum atomic E-state index is -3.57. The summed E-state index contributed by atoms with van der Waals surface area (Å²) in [5, 5.41) is 7.02. The van der Waals surface area contributed by atoms with E-state index in [2.05, 4.69) is 10.4 Å². The summed E-state index contributed by atoms with van der Waals surface area (Å²) in [5.74, 6) is -0.302. The van der Waals surface area contributed by atoms with Crippen LogP contribution in [0.3, 0.4) is 0 Å². The standard InChI is InChI=1S/C20H22N4O3S/c1-23(2)28(26,27)19-6-3-5-17(15-19)20(25)21-13-11-16-7-9-18(10-8-16)24-14-4-12-22-24/h3-10,12,14-15H,11,13H2,1-2H3,(H,21,25). The molecular formula is C20H22N4O3S. The highest BCUT2D eigenvalue weighted by atomic mass is 32.2. The first-order chi connectivity index (χ1) is 13.4. The molecule has 1 heterocycles. The second-order valence-corrected chi connectivity index (χ2v) is 8.59. The zero-order chi connectivity index (χ0) is 20.1. The predicted octanol–water partition coefficient (Wildman–Crippen LogP) is 2.10. The van der Waals surface area contributed by atoms with Gasteiger partial charge < -0.3 is 5.32 Å². The average molecular weight is 398 g/mol. The summed E-state index contributed by atoms with van der Waals surface area (Å²) in [6.45, 7) is 0.449. The molecule has 0 atom stereocenters. The summed E-state index contributed by atoms with van der Waals surface area (Å²) < 4.78 is 27.3. The van der Waals surface area contributed by atoms with Crippen LogP contribution in [-0.2, 0) is 16.4 Å². The predicted molar refractivity (Wildman–Crippen MR) is 107 cm³/mol. The first kappa shape index (κ1) is 19.8. The number of sulfonamides is 1. The Morgan fingerprint density at radius 1 is 1.11 bits per heavy atom. The molecule has 3 rings (SSSR count). The van der Waals surface area contributed by atoms with Gasteiger partial charge in [0.1, 0.15) is 0 Å². The Hall–Kier alpha value is -2.97. The Kier molecular flexibility index (Phi) is 5.91. The molecule has 146 valence electrons. The maximum atomic E-state index is 12.4. The number of aromatic nitrogens is 2. The Bertz CT molecular complexity index is 1040. The quantitative estimate of drug-likeness (QED) is 0.661. The van der Waals surface area contributed by atoms with Gasteiger partial charge in [-0.3, -0.25) is 4.79 Å². The van der Waals surface area contributed by atoms with Crippen LogP contribution in [0.4, 0.5) is 0 Å². The van der Waals surface area contributed by atoms with Gasteiger partial charge in [-0.2, -0.15) is 5.10 Å².